The molecule has 0 aliphatic carbocycles. The van der Waals surface area contributed by atoms with E-state index in [1.165, 1.54) is 55.7 Å². The lowest BCUT2D eigenvalue weighted by atomic mass is 9.43. The summed E-state index contributed by atoms with van der Waals surface area (Å²) in [6.45, 7) is 0.121. The van der Waals surface area contributed by atoms with Gasteiger partial charge in [0, 0.05) is 33.3 Å². The van der Waals surface area contributed by atoms with E-state index in [0.717, 1.165) is 21.9 Å². The average Bonchev–Trinajstić information content (AvgIpc) is 3.38. The highest BCUT2D eigenvalue weighted by Crippen LogP contribution is 2.47. The highest BCUT2D eigenvalue weighted by atomic mass is 16.3. The molecule has 0 unspecified atom stereocenters. The molecule has 0 spiro atoms. The summed E-state index contributed by atoms with van der Waals surface area (Å²) < 4.78 is 6.11. The van der Waals surface area contributed by atoms with Gasteiger partial charge in [0.25, 0.3) is 0 Å². The van der Waals surface area contributed by atoms with Crippen LogP contribution in [0.3, 0.4) is 0 Å². The number of nitrogens with zero attached hydrogens (tertiary/aromatic N) is 1. The molecule has 0 radical (unpaired) electrons. The molecule has 1 aromatic heterocycles. The molecule has 0 fully saturated rings. The lowest BCUT2D eigenvalue weighted by Crippen LogP contribution is -2.59. The van der Waals surface area contributed by atoms with E-state index >= 15 is 0 Å². The van der Waals surface area contributed by atoms with Crippen LogP contribution in [0.25, 0.3) is 55.3 Å². The first-order valence-electron chi connectivity index (χ1n) is 13.5. The molecule has 39 heavy (non-hydrogen) atoms. The number of hydrogen-bond donors (Lipinski definition) is 0. The molecule has 0 N–H and O–H groups in total. The number of anilines is 2. The van der Waals surface area contributed by atoms with Gasteiger partial charge in [-0.2, -0.15) is 0 Å². The Morgan fingerprint density at radius 1 is 0.436 bits per heavy atom. The lowest BCUT2D eigenvalue weighted by Gasteiger charge is -2.43. The molecule has 6 aromatic carbocycles. The van der Waals surface area contributed by atoms with Gasteiger partial charge in [0.15, 0.2) is 0 Å². The summed E-state index contributed by atoms with van der Waals surface area (Å²) in [6, 6.07) is 48.4. The van der Waals surface area contributed by atoms with Crippen molar-refractivity contribution in [3.63, 3.8) is 0 Å². The highest BCUT2D eigenvalue weighted by molar-refractivity contribution is 6.92. The Morgan fingerprint density at radius 2 is 1.03 bits per heavy atom. The van der Waals surface area contributed by atoms with Gasteiger partial charge in [-0.3, -0.25) is 0 Å². The Hall–Kier alpha value is -5.02. The van der Waals surface area contributed by atoms with Crippen molar-refractivity contribution in [1.82, 2.24) is 0 Å². The van der Waals surface area contributed by atoms with Crippen molar-refractivity contribution in [2.45, 2.75) is 0 Å². The molecule has 2 aliphatic rings. The number of hydrogen-bond acceptors (Lipinski definition) is 2. The number of fused-ring (bicyclic) bond motifs is 14. The van der Waals surface area contributed by atoms with Crippen molar-refractivity contribution >= 4 is 51.1 Å². The van der Waals surface area contributed by atoms with Gasteiger partial charge in [0.2, 0.25) is 0 Å². The first kappa shape index (κ1) is 21.0. The van der Waals surface area contributed by atoms with Crippen molar-refractivity contribution in [3.05, 3.63) is 133 Å². The minimum atomic E-state index is 0.121. The van der Waals surface area contributed by atoms with Crippen molar-refractivity contribution in [2.75, 3.05) is 4.81 Å². The van der Waals surface area contributed by atoms with Crippen molar-refractivity contribution in [3.8, 4) is 33.4 Å². The minimum Gasteiger partial charge on any atom is -0.456 e. The normalized spacial score (nSPS) is 13.0. The number of furan rings is 1. The van der Waals surface area contributed by atoms with Gasteiger partial charge in [-0.25, -0.2) is 0 Å². The van der Waals surface area contributed by atoms with E-state index in [-0.39, 0.29) is 6.85 Å². The van der Waals surface area contributed by atoms with Gasteiger partial charge in [-0.05, 0) is 63.5 Å². The molecule has 0 bridgehead atoms. The second-order valence-electron chi connectivity index (χ2n) is 10.5. The Bertz CT molecular complexity index is 2110. The second-order valence-corrected chi connectivity index (χ2v) is 10.5. The van der Waals surface area contributed by atoms with Gasteiger partial charge in [0.05, 0.1) is 0 Å². The first-order valence-corrected chi connectivity index (χ1v) is 13.5. The lowest BCUT2D eigenvalue weighted by molar-refractivity contribution is 0.669. The molecular weight excluding hydrogens is 473 g/mol. The maximum atomic E-state index is 6.11. The van der Waals surface area contributed by atoms with Crippen LogP contribution in [-0.2, 0) is 0 Å². The molecule has 0 atom stereocenters. The maximum absolute atomic E-state index is 6.11. The van der Waals surface area contributed by atoms with Crippen molar-refractivity contribution < 1.29 is 4.42 Å². The van der Waals surface area contributed by atoms with Crippen molar-refractivity contribution in [1.29, 1.82) is 0 Å². The van der Waals surface area contributed by atoms with Gasteiger partial charge >= 0.3 is 6.85 Å². The SMILES string of the molecule is c1ccc2c(c1)B1c3ccccc3-c3ccc(-c4ccc5oc6ccccc6c5c4)cc3N1c1ccccc1-2. The van der Waals surface area contributed by atoms with Crippen LogP contribution in [0, 0.1) is 0 Å². The summed E-state index contributed by atoms with van der Waals surface area (Å²) in [5.41, 5.74) is 14.6. The molecule has 0 amide bonds. The monoisotopic (exact) mass is 495 g/mol. The van der Waals surface area contributed by atoms with Crippen molar-refractivity contribution in [2.24, 2.45) is 0 Å². The molecule has 9 rings (SSSR count). The van der Waals surface area contributed by atoms with Crippen LogP contribution >= 0.6 is 0 Å². The smallest absolute Gasteiger partial charge is 0.329 e. The third-order valence-electron chi connectivity index (χ3n) is 8.48. The van der Waals surface area contributed by atoms with E-state index in [9.17, 15) is 0 Å². The third kappa shape index (κ3) is 2.87. The number of para-hydroxylation sites is 2. The van der Waals surface area contributed by atoms with E-state index in [4.69, 9.17) is 4.42 Å². The Kier molecular flexibility index (Phi) is 4.17. The highest BCUT2D eigenvalue weighted by Gasteiger charge is 2.41. The number of benzene rings is 6. The van der Waals surface area contributed by atoms with Crippen LogP contribution in [0.4, 0.5) is 11.4 Å². The zero-order valence-electron chi connectivity index (χ0n) is 21.1. The predicted molar refractivity (Wildman–Crippen MR) is 164 cm³/mol. The molecule has 3 heteroatoms. The summed E-state index contributed by atoms with van der Waals surface area (Å²) in [5, 5.41) is 2.31. The van der Waals surface area contributed by atoms with E-state index in [2.05, 4.69) is 126 Å². The summed E-state index contributed by atoms with van der Waals surface area (Å²) in [5.74, 6) is 0. The van der Waals surface area contributed by atoms with E-state index < -0.39 is 0 Å². The van der Waals surface area contributed by atoms with Crippen LogP contribution in [0.15, 0.2) is 138 Å². The van der Waals surface area contributed by atoms with Crippen LogP contribution in [0.5, 0.6) is 0 Å². The topological polar surface area (TPSA) is 16.4 Å². The average molecular weight is 495 g/mol. The Morgan fingerprint density at radius 3 is 1.85 bits per heavy atom. The van der Waals surface area contributed by atoms with Gasteiger partial charge < -0.3 is 9.23 Å². The molecule has 2 nitrogen and oxygen atoms in total. The zero-order valence-corrected chi connectivity index (χ0v) is 21.1. The molecular formula is C36H22BNO. The predicted octanol–water partition coefficient (Wildman–Crippen LogP) is 8.16. The first-order chi connectivity index (χ1) is 19.3. The number of rotatable bonds is 1. The minimum absolute atomic E-state index is 0.121. The molecule has 180 valence electrons. The molecule has 0 saturated heterocycles. The van der Waals surface area contributed by atoms with E-state index in [1.54, 1.807) is 0 Å². The van der Waals surface area contributed by atoms with Gasteiger partial charge in [-0.15, -0.1) is 0 Å². The quantitative estimate of drug-likeness (QED) is 0.214. The largest absolute Gasteiger partial charge is 0.456 e. The molecule has 7 aromatic rings. The van der Waals surface area contributed by atoms with E-state index in [0.29, 0.717) is 0 Å². The van der Waals surface area contributed by atoms with Crippen LogP contribution in [0.2, 0.25) is 0 Å². The summed E-state index contributed by atoms with van der Waals surface area (Å²) >= 11 is 0. The summed E-state index contributed by atoms with van der Waals surface area (Å²) in [4.78, 5) is 2.56. The Labute approximate surface area is 226 Å². The fourth-order valence-electron chi connectivity index (χ4n) is 6.77. The van der Waals surface area contributed by atoms with Crippen LogP contribution in [0.1, 0.15) is 0 Å². The molecule has 0 saturated carbocycles. The second kappa shape index (κ2) is 7.75. The molecule has 2 aliphatic heterocycles. The zero-order chi connectivity index (χ0) is 25.5. The summed E-state index contributed by atoms with van der Waals surface area (Å²) in [6.07, 6.45) is 0. The third-order valence-corrected chi connectivity index (χ3v) is 8.48. The molecule has 3 heterocycles. The van der Waals surface area contributed by atoms with Crippen LogP contribution in [-0.4, -0.2) is 6.85 Å². The van der Waals surface area contributed by atoms with Gasteiger partial charge in [0.1, 0.15) is 11.2 Å². The van der Waals surface area contributed by atoms with Gasteiger partial charge in [-0.1, -0.05) is 103 Å². The Balaban J connectivity index is 1.31. The summed E-state index contributed by atoms with van der Waals surface area (Å²) in [7, 11) is 0. The fourth-order valence-corrected chi connectivity index (χ4v) is 6.77. The maximum Gasteiger partial charge on any atom is 0.329 e. The standard InChI is InChI=1S/C36H22BNO/c1-5-13-31-25(9-1)27-11-3-7-15-33(27)38-34-22-24(17-19-28(34)26-10-2-6-14-32(26)37(31)38)23-18-20-36-30(21-23)29-12-4-8-16-35(29)39-36/h1-22H. The van der Waals surface area contributed by atoms with E-state index in [1.807, 2.05) is 12.1 Å². The fraction of sp³-hybridized carbons (Fsp3) is 0. The van der Waals surface area contributed by atoms with Crippen LogP contribution < -0.4 is 15.7 Å².